The number of anilines is 1. The van der Waals surface area contributed by atoms with E-state index in [0.717, 1.165) is 16.9 Å². The summed E-state index contributed by atoms with van der Waals surface area (Å²) < 4.78 is 5.14. The summed E-state index contributed by atoms with van der Waals surface area (Å²) in [6.45, 7) is 1.10. The van der Waals surface area contributed by atoms with E-state index in [4.69, 9.17) is 16.3 Å². The van der Waals surface area contributed by atoms with Gasteiger partial charge in [-0.15, -0.1) is 0 Å². The van der Waals surface area contributed by atoms with E-state index >= 15 is 0 Å². The Bertz CT molecular complexity index is 914. The molecule has 0 unspecified atom stereocenters. The van der Waals surface area contributed by atoms with Crippen LogP contribution in [0, 0.1) is 0 Å². The Morgan fingerprint density at radius 3 is 2.57 bits per heavy atom. The Morgan fingerprint density at radius 2 is 1.89 bits per heavy atom. The molecule has 0 atom stereocenters. The quantitative estimate of drug-likeness (QED) is 0.606. The molecule has 0 spiro atoms. The lowest BCUT2D eigenvalue weighted by Gasteiger charge is -2.08. The second kappa shape index (κ2) is 9.71. The second-order valence-corrected chi connectivity index (χ2v) is 6.56. The lowest BCUT2D eigenvalue weighted by atomic mass is 10.1. The summed E-state index contributed by atoms with van der Waals surface area (Å²) in [5.41, 5.74) is 2.43. The minimum absolute atomic E-state index is 0.253. The minimum atomic E-state index is -0.253. The van der Waals surface area contributed by atoms with Crippen molar-refractivity contribution < 1.29 is 9.53 Å². The van der Waals surface area contributed by atoms with E-state index in [1.54, 1.807) is 13.3 Å². The average molecular weight is 397 g/mol. The molecule has 1 aromatic heterocycles. The Kier molecular flexibility index (Phi) is 6.81. The zero-order valence-corrected chi connectivity index (χ0v) is 16.2. The fraction of sp³-hybridized carbons (Fsp3) is 0.190. The van der Waals surface area contributed by atoms with Gasteiger partial charge in [-0.05, 0) is 41.8 Å². The van der Waals surface area contributed by atoms with E-state index in [-0.39, 0.29) is 11.6 Å². The molecule has 144 valence electrons. The summed E-state index contributed by atoms with van der Waals surface area (Å²) in [5, 5.41) is 6.70. The Hall–Kier alpha value is -3.12. The van der Waals surface area contributed by atoms with Gasteiger partial charge in [0.1, 0.15) is 17.3 Å². The molecule has 1 heterocycles. The maximum Gasteiger partial charge on any atom is 0.271 e. The van der Waals surface area contributed by atoms with Crippen LogP contribution in [-0.4, -0.2) is 29.5 Å². The maximum atomic E-state index is 12.2. The third-order valence-electron chi connectivity index (χ3n) is 4.11. The van der Waals surface area contributed by atoms with Crippen LogP contribution in [0.3, 0.4) is 0 Å². The first-order chi connectivity index (χ1) is 13.6. The monoisotopic (exact) mass is 396 g/mol. The molecule has 0 bridgehead atoms. The zero-order valence-electron chi connectivity index (χ0n) is 15.5. The fourth-order valence-corrected chi connectivity index (χ4v) is 2.79. The highest BCUT2D eigenvalue weighted by molar-refractivity contribution is 6.30. The number of rotatable bonds is 8. The van der Waals surface area contributed by atoms with E-state index in [1.807, 2.05) is 48.5 Å². The van der Waals surface area contributed by atoms with Crippen LogP contribution in [-0.2, 0) is 13.0 Å². The van der Waals surface area contributed by atoms with Crippen LogP contribution >= 0.6 is 11.6 Å². The molecule has 0 fully saturated rings. The molecular weight excluding hydrogens is 376 g/mol. The summed E-state index contributed by atoms with van der Waals surface area (Å²) in [4.78, 5) is 20.6. The highest BCUT2D eigenvalue weighted by Crippen LogP contribution is 2.13. The van der Waals surface area contributed by atoms with Gasteiger partial charge in [0.15, 0.2) is 0 Å². The predicted molar refractivity (Wildman–Crippen MR) is 110 cm³/mol. The first-order valence-electron chi connectivity index (χ1n) is 8.85. The molecule has 3 rings (SSSR count). The SMILES string of the molecule is COc1ccc(CNc2cnc(C(=O)NCCc3cccc(Cl)c3)cn2)cc1. The molecule has 0 saturated carbocycles. The van der Waals surface area contributed by atoms with Gasteiger partial charge in [0.25, 0.3) is 5.91 Å². The highest BCUT2D eigenvalue weighted by Gasteiger charge is 2.07. The molecule has 3 aromatic rings. The van der Waals surface area contributed by atoms with Gasteiger partial charge in [0, 0.05) is 18.1 Å². The van der Waals surface area contributed by atoms with Crippen LogP contribution in [0.2, 0.25) is 5.02 Å². The normalized spacial score (nSPS) is 10.4. The molecule has 0 saturated heterocycles. The van der Waals surface area contributed by atoms with Crippen LogP contribution < -0.4 is 15.4 Å². The number of hydrogen-bond acceptors (Lipinski definition) is 5. The molecule has 2 aromatic carbocycles. The Labute approximate surface area is 168 Å². The molecule has 0 aliphatic heterocycles. The molecule has 28 heavy (non-hydrogen) atoms. The van der Waals surface area contributed by atoms with Crippen molar-refractivity contribution in [2.75, 3.05) is 19.0 Å². The number of aromatic nitrogens is 2. The Morgan fingerprint density at radius 1 is 1.07 bits per heavy atom. The van der Waals surface area contributed by atoms with Crippen molar-refractivity contribution in [2.45, 2.75) is 13.0 Å². The highest BCUT2D eigenvalue weighted by atomic mass is 35.5. The van der Waals surface area contributed by atoms with E-state index in [2.05, 4.69) is 20.6 Å². The first kappa shape index (κ1) is 19.6. The lowest BCUT2D eigenvalue weighted by Crippen LogP contribution is -2.26. The summed E-state index contributed by atoms with van der Waals surface area (Å²) in [7, 11) is 1.64. The van der Waals surface area contributed by atoms with Gasteiger partial charge in [0.2, 0.25) is 0 Å². The number of ether oxygens (including phenoxy) is 1. The van der Waals surface area contributed by atoms with Gasteiger partial charge in [-0.25, -0.2) is 9.97 Å². The standard InChI is InChI=1S/C21H21ClN4O2/c1-28-18-7-5-16(6-8-18)12-25-20-14-24-19(13-26-20)21(27)23-10-9-15-3-2-4-17(22)11-15/h2-8,11,13-14H,9-10,12H2,1H3,(H,23,27)(H,25,26). The Balaban J connectivity index is 1.46. The number of carbonyl (C=O) groups is 1. The largest absolute Gasteiger partial charge is 0.497 e. The summed E-state index contributed by atoms with van der Waals surface area (Å²) >= 11 is 5.96. The van der Waals surface area contributed by atoms with Crippen LogP contribution in [0.5, 0.6) is 5.75 Å². The predicted octanol–water partition coefficient (Wildman–Crippen LogP) is 3.72. The van der Waals surface area contributed by atoms with Crippen molar-refractivity contribution in [1.82, 2.24) is 15.3 Å². The second-order valence-electron chi connectivity index (χ2n) is 6.12. The molecule has 0 radical (unpaired) electrons. The van der Waals surface area contributed by atoms with Crippen LogP contribution in [0.1, 0.15) is 21.6 Å². The minimum Gasteiger partial charge on any atom is -0.497 e. The number of carbonyl (C=O) groups excluding carboxylic acids is 1. The van der Waals surface area contributed by atoms with Crippen LogP contribution in [0.15, 0.2) is 60.9 Å². The van der Waals surface area contributed by atoms with Gasteiger partial charge in [0.05, 0.1) is 19.5 Å². The van der Waals surface area contributed by atoms with Gasteiger partial charge < -0.3 is 15.4 Å². The van der Waals surface area contributed by atoms with Gasteiger partial charge in [-0.2, -0.15) is 0 Å². The van der Waals surface area contributed by atoms with Crippen molar-refractivity contribution in [3.05, 3.63) is 82.8 Å². The van der Waals surface area contributed by atoms with E-state index in [0.29, 0.717) is 30.4 Å². The number of halogens is 1. The molecular formula is C21H21ClN4O2. The van der Waals surface area contributed by atoms with E-state index in [1.165, 1.54) is 6.20 Å². The lowest BCUT2D eigenvalue weighted by molar-refractivity contribution is 0.0949. The third-order valence-corrected chi connectivity index (χ3v) is 4.34. The van der Waals surface area contributed by atoms with Gasteiger partial charge in [-0.1, -0.05) is 35.9 Å². The van der Waals surface area contributed by atoms with E-state index < -0.39 is 0 Å². The molecule has 2 N–H and O–H groups in total. The summed E-state index contributed by atoms with van der Waals surface area (Å²) in [6.07, 6.45) is 3.71. The number of benzene rings is 2. The number of amides is 1. The fourth-order valence-electron chi connectivity index (χ4n) is 2.58. The molecule has 1 amide bonds. The number of nitrogens with one attached hydrogen (secondary N) is 2. The smallest absolute Gasteiger partial charge is 0.271 e. The van der Waals surface area contributed by atoms with E-state index in [9.17, 15) is 4.79 Å². The number of hydrogen-bond donors (Lipinski definition) is 2. The van der Waals surface area contributed by atoms with Crippen molar-refractivity contribution >= 4 is 23.3 Å². The summed E-state index contributed by atoms with van der Waals surface area (Å²) in [6, 6.07) is 15.3. The van der Waals surface area contributed by atoms with Gasteiger partial charge >= 0.3 is 0 Å². The summed E-state index contributed by atoms with van der Waals surface area (Å²) in [5.74, 6) is 1.16. The zero-order chi connectivity index (χ0) is 19.8. The van der Waals surface area contributed by atoms with Crippen molar-refractivity contribution in [2.24, 2.45) is 0 Å². The molecule has 0 aliphatic carbocycles. The van der Waals surface area contributed by atoms with Crippen molar-refractivity contribution in [3.8, 4) is 5.75 Å². The van der Waals surface area contributed by atoms with Gasteiger partial charge in [-0.3, -0.25) is 4.79 Å². The van der Waals surface area contributed by atoms with Crippen molar-refractivity contribution in [3.63, 3.8) is 0 Å². The third kappa shape index (κ3) is 5.69. The molecule has 6 nitrogen and oxygen atoms in total. The molecule has 0 aliphatic rings. The first-order valence-corrected chi connectivity index (χ1v) is 9.23. The van der Waals surface area contributed by atoms with Crippen molar-refractivity contribution in [1.29, 1.82) is 0 Å². The number of nitrogens with zero attached hydrogens (tertiary/aromatic N) is 2. The molecule has 7 heteroatoms. The van der Waals surface area contributed by atoms with Crippen LogP contribution in [0.4, 0.5) is 5.82 Å². The topological polar surface area (TPSA) is 76.1 Å². The average Bonchev–Trinajstić information content (AvgIpc) is 2.73. The number of methoxy groups -OCH3 is 1. The van der Waals surface area contributed by atoms with Crippen LogP contribution in [0.25, 0.3) is 0 Å². The maximum absolute atomic E-state index is 12.2.